The molecule has 0 radical (unpaired) electrons. The minimum absolute atomic E-state index is 0.498. The number of rotatable bonds is 1. The van der Waals surface area contributed by atoms with Gasteiger partial charge in [0.1, 0.15) is 12.1 Å². The zero-order valence-electron chi connectivity index (χ0n) is 8.30. The van der Waals surface area contributed by atoms with Crippen molar-refractivity contribution < 1.29 is 0 Å². The molecule has 0 amide bonds. The fraction of sp³-hybridized carbons (Fsp3) is 0.444. The summed E-state index contributed by atoms with van der Waals surface area (Å²) in [6, 6.07) is 1.73. The second kappa shape index (κ2) is 3.08. The van der Waals surface area contributed by atoms with Gasteiger partial charge < -0.3 is 10.6 Å². The Labute approximate surface area is 86.7 Å². The highest BCUT2D eigenvalue weighted by molar-refractivity contribution is 5.53. The first-order chi connectivity index (χ1) is 7.34. The van der Waals surface area contributed by atoms with Gasteiger partial charge in [-0.2, -0.15) is 14.6 Å². The van der Waals surface area contributed by atoms with E-state index in [-0.39, 0.29) is 0 Å². The standard InChI is InChI=1S/C9H12N6/c10-7-5-8-11-6-12-15(8)9(13-7)14-3-1-2-4-14/h5-6H,1-4,10H2. The summed E-state index contributed by atoms with van der Waals surface area (Å²) in [5, 5.41) is 4.15. The van der Waals surface area contributed by atoms with Crippen LogP contribution in [0.5, 0.6) is 0 Å². The van der Waals surface area contributed by atoms with Gasteiger partial charge in [0.2, 0.25) is 5.95 Å². The molecular formula is C9H12N6. The van der Waals surface area contributed by atoms with E-state index in [9.17, 15) is 0 Å². The number of hydrogen-bond donors (Lipinski definition) is 1. The van der Waals surface area contributed by atoms with Crippen molar-refractivity contribution in [3.63, 3.8) is 0 Å². The van der Waals surface area contributed by atoms with Crippen molar-refractivity contribution in [3.8, 4) is 0 Å². The van der Waals surface area contributed by atoms with Crippen molar-refractivity contribution in [1.29, 1.82) is 0 Å². The van der Waals surface area contributed by atoms with Crippen LogP contribution in [0, 0.1) is 0 Å². The van der Waals surface area contributed by atoms with E-state index in [0.29, 0.717) is 5.82 Å². The van der Waals surface area contributed by atoms with Crippen LogP contribution >= 0.6 is 0 Å². The van der Waals surface area contributed by atoms with Gasteiger partial charge in [0.05, 0.1) is 0 Å². The Morgan fingerprint density at radius 2 is 2.07 bits per heavy atom. The van der Waals surface area contributed by atoms with E-state index in [1.807, 2.05) is 0 Å². The van der Waals surface area contributed by atoms with E-state index in [1.54, 1.807) is 10.6 Å². The summed E-state index contributed by atoms with van der Waals surface area (Å²) in [6.07, 6.45) is 3.93. The molecule has 0 bridgehead atoms. The second-order valence-electron chi connectivity index (χ2n) is 3.71. The maximum Gasteiger partial charge on any atom is 0.230 e. The SMILES string of the molecule is Nc1cc2ncnn2c(N2CCCC2)n1. The minimum Gasteiger partial charge on any atom is -0.383 e. The van der Waals surface area contributed by atoms with Crippen molar-refractivity contribution in [3.05, 3.63) is 12.4 Å². The lowest BCUT2D eigenvalue weighted by Gasteiger charge is -2.16. The maximum absolute atomic E-state index is 5.73. The molecule has 2 aromatic heterocycles. The van der Waals surface area contributed by atoms with E-state index < -0.39 is 0 Å². The summed E-state index contributed by atoms with van der Waals surface area (Å²) in [6.45, 7) is 2.04. The van der Waals surface area contributed by atoms with Gasteiger partial charge in [0, 0.05) is 19.2 Å². The quantitative estimate of drug-likeness (QED) is 0.723. The van der Waals surface area contributed by atoms with Crippen LogP contribution in [0.15, 0.2) is 12.4 Å². The molecule has 3 rings (SSSR count). The van der Waals surface area contributed by atoms with Gasteiger partial charge in [0.25, 0.3) is 0 Å². The summed E-state index contributed by atoms with van der Waals surface area (Å²) in [7, 11) is 0. The molecule has 0 aliphatic carbocycles. The molecule has 0 spiro atoms. The van der Waals surface area contributed by atoms with Crippen LogP contribution in [-0.4, -0.2) is 32.7 Å². The third-order valence-corrected chi connectivity index (χ3v) is 2.66. The summed E-state index contributed by atoms with van der Waals surface area (Å²) in [4.78, 5) is 10.6. The average molecular weight is 204 g/mol. The van der Waals surface area contributed by atoms with Crippen molar-refractivity contribution in [1.82, 2.24) is 19.6 Å². The number of hydrogen-bond acceptors (Lipinski definition) is 5. The first-order valence-corrected chi connectivity index (χ1v) is 5.06. The Kier molecular flexibility index (Phi) is 1.74. The summed E-state index contributed by atoms with van der Waals surface area (Å²) in [5.41, 5.74) is 6.49. The molecular weight excluding hydrogens is 192 g/mol. The minimum atomic E-state index is 0.498. The Morgan fingerprint density at radius 3 is 2.87 bits per heavy atom. The van der Waals surface area contributed by atoms with Gasteiger partial charge in [0.15, 0.2) is 5.65 Å². The van der Waals surface area contributed by atoms with Gasteiger partial charge >= 0.3 is 0 Å². The lowest BCUT2D eigenvalue weighted by atomic mass is 10.4. The van der Waals surface area contributed by atoms with Crippen LogP contribution in [0.3, 0.4) is 0 Å². The molecule has 1 fully saturated rings. The number of aromatic nitrogens is 4. The van der Waals surface area contributed by atoms with Crippen LogP contribution in [0.4, 0.5) is 11.8 Å². The first-order valence-electron chi connectivity index (χ1n) is 5.06. The summed E-state index contributed by atoms with van der Waals surface area (Å²) in [5.74, 6) is 1.30. The van der Waals surface area contributed by atoms with E-state index in [0.717, 1.165) is 24.7 Å². The van der Waals surface area contributed by atoms with Gasteiger partial charge in [-0.1, -0.05) is 0 Å². The molecule has 1 aliphatic rings. The zero-order chi connectivity index (χ0) is 10.3. The predicted octanol–water partition coefficient (Wildman–Crippen LogP) is 0.307. The van der Waals surface area contributed by atoms with E-state index in [1.165, 1.54) is 19.2 Å². The normalized spacial score (nSPS) is 16.4. The number of anilines is 2. The van der Waals surface area contributed by atoms with E-state index in [4.69, 9.17) is 5.73 Å². The molecule has 78 valence electrons. The number of nitrogens with two attached hydrogens (primary N) is 1. The highest BCUT2D eigenvalue weighted by Gasteiger charge is 2.17. The third kappa shape index (κ3) is 1.29. The third-order valence-electron chi connectivity index (χ3n) is 2.66. The molecule has 6 nitrogen and oxygen atoms in total. The molecule has 0 atom stereocenters. The highest BCUT2D eigenvalue weighted by atomic mass is 15.4. The molecule has 2 N–H and O–H groups in total. The number of nitrogen functional groups attached to an aromatic ring is 1. The highest BCUT2D eigenvalue weighted by Crippen LogP contribution is 2.19. The van der Waals surface area contributed by atoms with Crippen molar-refractivity contribution in [2.45, 2.75) is 12.8 Å². The van der Waals surface area contributed by atoms with Crippen LogP contribution < -0.4 is 10.6 Å². The smallest absolute Gasteiger partial charge is 0.230 e. The molecule has 2 aromatic rings. The first kappa shape index (κ1) is 8.46. The Balaban J connectivity index is 2.18. The van der Waals surface area contributed by atoms with Gasteiger partial charge in [-0.05, 0) is 12.8 Å². The fourth-order valence-corrected chi connectivity index (χ4v) is 1.95. The predicted molar refractivity (Wildman–Crippen MR) is 56.6 cm³/mol. The van der Waals surface area contributed by atoms with Crippen molar-refractivity contribution in [2.75, 3.05) is 23.7 Å². The maximum atomic E-state index is 5.73. The molecule has 0 aromatic carbocycles. The molecule has 1 aliphatic heterocycles. The molecule has 15 heavy (non-hydrogen) atoms. The Morgan fingerprint density at radius 1 is 1.27 bits per heavy atom. The van der Waals surface area contributed by atoms with Crippen molar-refractivity contribution >= 4 is 17.4 Å². The molecule has 6 heteroatoms. The van der Waals surface area contributed by atoms with E-state index in [2.05, 4.69) is 20.0 Å². The lowest BCUT2D eigenvalue weighted by Crippen LogP contribution is -2.22. The van der Waals surface area contributed by atoms with Crippen LogP contribution in [-0.2, 0) is 0 Å². The average Bonchev–Trinajstić information content (AvgIpc) is 2.86. The van der Waals surface area contributed by atoms with Gasteiger partial charge in [-0.15, -0.1) is 0 Å². The Bertz CT molecular complexity index is 484. The van der Waals surface area contributed by atoms with Gasteiger partial charge in [-0.3, -0.25) is 0 Å². The molecule has 0 unspecified atom stereocenters. The number of nitrogens with zero attached hydrogens (tertiary/aromatic N) is 5. The molecule has 3 heterocycles. The van der Waals surface area contributed by atoms with Crippen LogP contribution in [0.2, 0.25) is 0 Å². The monoisotopic (exact) mass is 204 g/mol. The lowest BCUT2D eigenvalue weighted by molar-refractivity contribution is 0.827. The second-order valence-corrected chi connectivity index (χ2v) is 3.71. The van der Waals surface area contributed by atoms with Crippen LogP contribution in [0.1, 0.15) is 12.8 Å². The molecule has 0 saturated carbocycles. The summed E-state index contributed by atoms with van der Waals surface area (Å²) < 4.78 is 1.74. The summed E-state index contributed by atoms with van der Waals surface area (Å²) >= 11 is 0. The van der Waals surface area contributed by atoms with E-state index >= 15 is 0 Å². The van der Waals surface area contributed by atoms with Crippen LogP contribution in [0.25, 0.3) is 5.65 Å². The fourth-order valence-electron chi connectivity index (χ4n) is 1.95. The Hall–Kier alpha value is -1.85. The topological polar surface area (TPSA) is 72.3 Å². The van der Waals surface area contributed by atoms with Gasteiger partial charge in [-0.25, -0.2) is 4.98 Å². The molecule has 1 saturated heterocycles. The largest absolute Gasteiger partial charge is 0.383 e. The number of fused-ring (bicyclic) bond motifs is 1. The zero-order valence-corrected chi connectivity index (χ0v) is 8.30. The van der Waals surface area contributed by atoms with Crippen molar-refractivity contribution in [2.24, 2.45) is 0 Å².